The Balaban J connectivity index is 1.87. The summed E-state index contributed by atoms with van der Waals surface area (Å²) in [5.41, 5.74) is 2.43. The summed E-state index contributed by atoms with van der Waals surface area (Å²) in [5.74, 6) is 1.74. The fraction of sp³-hybridized carbons (Fsp3) is 0.643. The van der Waals surface area contributed by atoms with Gasteiger partial charge in [0.25, 0.3) is 5.91 Å². The van der Waals surface area contributed by atoms with Gasteiger partial charge in [0.15, 0.2) is 6.10 Å². The van der Waals surface area contributed by atoms with Crippen molar-refractivity contribution in [1.29, 1.82) is 0 Å². The van der Waals surface area contributed by atoms with Gasteiger partial charge in [0.1, 0.15) is 11.6 Å². The number of hydrogen-bond acceptors (Lipinski definition) is 5. The van der Waals surface area contributed by atoms with Crippen molar-refractivity contribution in [3.8, 4) is 0 Å². The number of rotatable bonds is 2. The number of aryl methyl sites for hydroxylation is 2. The summed E-state index contributed by atoms with van der Waals surface area (Å²) in [7, 11) is 1.64. The average Bonchev–Trinajstić information content (AvgIpc) is 2.93. The molecule has 0 saturated carbocycles. The zero-order chi connectivity index (χ0) is 14.1. The van der Waals surface area contributed by atoms with E-state index in [1.54, 1.807) is 7.05 Å². The Morgan fingerprint density at radius 2 is 2.25 bits per heavy atom. The molecule has 0 bridgehead atoms. The molecule has 1 N–H and O–H groups in total. The van der Waals surface area contributed by atoms with E-state index < -0.39 is 6.10 Å². The van der Waals surface area contributed by atoms with Crippen LogP contribution in [0.2, 0.25) is 0 Å². The van der Waals surface area contributed by atoms with Crippen LogP contribution in [0.4, 0.5) is 5.82 Å². The van der Waals surface area contributed by atoms with Gasteiger partial charge in [-0.15, -0.1) is 0 Å². The molecule has 1 aliphatic heterocycles. The van der Waals surface area contributed by atoms with Gasteiger partial charge < -0.3 is 15.0 Å². The third-order valence-corrected chi connectivity index (χ3v) is 3.93. The molecular formula is C14H20N4O2. The maximum absolute atomic E-state index is 11.7. The zero-order valence-corrected chi connectivity index (χ0v) is 12.0. The van der Waals surface area contributed by atoms with E-state index >= 15 is 0 Å². The first-order valence-corrected chi connectivity index (χ1v) is 7.13. The van der Waals surface area contributed by atoms with E-state index in [0.29, 0.717) is 13.2 Å². The van der Waals surface area contributed by atoms with Gasteiger partial charge >= 0.3 is 0 Å². The van der Waals surface area contributed by atoms with Crippen LogP contribution in [0.1, 0.15) is 23.5 Å². The van der Waals surface area contributed by atoms with Crippen molar-refractivity contribution in [2.75, 3.05) is 31.6 Å². The van der Waals surface area contributed by atoms with Crippen LogP contribution < -0.4 is 10.2 Å². The molecule has 1 fully saturated rings. The molecule has 1 aromatic rings. The van der Waals surface area contributed by atoms with E-state index in [4.69, 9.17) is 4.74 Å². The summed E-state index contributed by atoms with van der Waals surface area (Å²) in [6, 6.07) is 0. The van der Waals surface area contributed by atoms with Crippen molar-refractivity contribution < 1.29 is 9.53 Å². The van der Waals surface area contributed by atoms with Crippen molar-refractivity contribution >= 4 is 11.7 Å². The summed E-state index contributed by atoms with van der Waals surface area (Å²) in [4.78, 5) is 23.1. The molecule has 1 atom stereocenters. The second kappa shape index (κ2) is 5.36. The van der Waals surface area contributed by atoms with Crippen LogP contribution in [0.5, 0.6) is 0 Å². The monoisotopic (exact) mass is 276 g/mol. The van der Waals surface area contributed by atoms with Crippen LogP contribution in [0.25, 0.3) is 0 Å². The number of amides is 1. The summed E-state index contributed by atoms with van der Waals surface area (Å²) in [6.07, 6.45) is 2.80. The van der Waals surface area contributed by atoms with Gasteiger partial charge in [-0.1, -0.05) is 0 Å². The first-order chi connectivity index (χ1) is 9.69. The van der Waals surface area contributed by atoms with Gasteiger partial charge in [0.2, 0.25) is 0 Å². The lowest BCUT2D eigenvalue weighted by Gasteiger charge is -2.33. The van der Waals surface area contributed by atoms with Crippen LogP contribution >= 0.6 is 0 Å². The molecule has 0 spiro atoms. The normalized spacial score (nSPS) is 21.7. The predicted octanol–water partition coefficient (Wildman–Crippen LogP) is 0.225. The SMILES string of the molecule is CNC(=O)C1CN(c2nc(C)nc3c2CCC3)CCO1. The first kappa shape index (κ1) is 13.3. The molecule has 2 aliphatic rings. The maximum atomic E-state index is 11.7. The molecule has 6 heteroatoms. The number of ether oxygens (including phenoxy) is 1. The number of hydrogen-bond donors (Lipinski definition) is 1. The number of carbonyl (C=O) groups excluding carboxylic acids is 1. The first-order valence-electron chi connectivity index (χ1n) is 7.13. The van der Waals surface area contributed by atoms with Gasteiger partial charge in [0.05, 0.1) is 13.2 Å². The number of nitrogens with zero attached hydrogens (tertiary/aromatic N) is 3. The second-order valence-corrected chi connectivity index (χ2v) is 5.29. The van der Waals surface area contributed by atoms with Crippen molar-refractivity contribution in [3.63, 3.8) is 0 Å². The molecular weight excluding hydrogens is 256 g/mol. The van der Waals surface area contributed by atoms with Crippen LogP contribution in [0, 0.1) is 6.92 Å². The lowest BCUT2D eigenvalue weighted by molar-refractivity contribution is -0.132. The lowest BCUT2D eigenvalue weighted by atomic mass is 10.2. The summed E-state index contributed by atoms with van der Waals surface area (Å²) in [5, 5.41) is 2.65. The zero-order valence-electron chi connectivity index (χ0n) is 12.0. The van der Waals surface area contributed by atoms with E-state index in [1.165, 1.54) is 11.3 Å². The molecule has 6 nitrogen and oxygen atoms in total. The second-order valence-electron chi connectivity index (χ2n) is 5.29. The lowest BCUT2D eigenvalue weighted by Crippen LogP contribution is -2.49. The Morgan fingerprint density at radius 3 is 3.05 bits per heavy atom. The standard InChI is InChI=1S/C14H20N4O2/c1-9-16-11-5-3-4-10(11)13(17-9)18-6-7-20-12(8-18)14(19)15-2/h12H,3-8H2,1-2H3,(H,15,19). The minimum atomic E-state index is -0.416. The Morgan fingerprint density at radius 1 is 1.40 bits per heavy atom. The van der Waals surface area contributed by atoms with Crippen molar-refractivity contribution in [3.05, 3.63) is 17.1 Å². The van der Waals surface area contributed by atoms with Gasteiger partial charge in [0, 0.05) is 24.8 Å². The fourth-order valence-corrected chi connectivity index (χ4v) is 2.96. The van der Waals surface area contributed by atoms with Crippen LogP contribution in [-0.4, -0.2) is 48.7 Å². The van der Waals surface area contributed by atoms with Crippen LogP contribution in [0.15, 0.2) is 0 Å². The van der Waals surface area contributed by atoms with Crippen molar-refractivity contribution in [2.45, 2.75) is 32.3 Å². The van der Waals surface area contributed by atoms with Gasteiger partial charge in [-0.05, 0) is 26.2 Å². The molecule has 1 aromatic heterocycles. The van der Waals surface area contributed by atoms with E-state index in [1.807, 2.05) is 6.92 Å². The smallest absolute Gasteiger partial charge is 0.250 e. The maximum Gasteiger partial charge on any atom is 0.250 e. The highest BCUT2D eigenvalue weighted by atomic mass is 16.5. The molecule has 0 radical (unpaired) electrons. The molecule has 1 aliphatic carbocycles. The fourth-order valence-electron chi connectivity index (χ4n) is 2.96. The highest BCUT2D eigenvalue weighted by molar-refractivity contribution is 5.81. The highest BCUT2D eigenvalue weighted by Gasteiger charge is 2.29. The highest BCUT2D eigenvalue weighted by Crippen LogP contribution is 2.29. The number of aromatic nitrogens is 2. The van der Waals surface area contributed by atoms with E-state index in [2.05, 4.69) is 20.2 Å². The van der Waals surface area contributed by atoms with Crippen molar-refractivity contribution in [1.82, 2.24) is 15.3 Å². The molecule has 1 saturated heterocycles. The Hall–Kier alpha value is -1.69. The quantitative estimate of drug-likeness (QED) is 0.837. The molecule has 3 rings (SSSR count). The molecule has 108 valence electrons. The summed E-state index contributed by atoms with van der Waals surface area (Å²) >= 11 is 0. The number of morpholine rings is 1. The minimum Gasteiger partial charge on any atom is -0.365 e. The molecule has 20 heavy (non-hydrogen) atoms. The topological polar surface area (TPSA) is 67.4 Å². The number of nitrogens with one attached hydrogen (secondary N) is 1. The molecule has 2 heterocycles. The molecule has 1 unspecified atom stereocenters. The molecule has 0 aromatic carbocycles. The Labute approximate surface area is 118 Å². The third-order valence-electron chi connectivity index (χ3n) is 3.93. The van der Waals surface area contributed by atoms with E-state index in [-0.39, 0.29) is 5.91 Å². The number of likely N-dealkylation sites (N-methyl/N-ethyl adjacent to an activating group) is 1. The van der Waals surface area contributed by atoms with Gasteiger partial charge in [-0.2, -0.15) is 0 Å². The number of carbonyl (C=O) groups is 1. The Kier molecular flexibility index (Phi) is 3.56. The van der Waals surface area contributed by atoms with E-state index in [0.717, 1.165) is 37.4 Å². The number of anilines is 1. The van der Waals surface area contributed by atoms with Crippen LogP contribution in [0.3, 0.4) is 0 Å². The van der Waals surface area contributed by atoms with Gasteiger partial charge in [-0.3, -0.25) is 4.79 Å². The summed E-state index contributed by atoms with van der Waals surface area (Å²) in [6.45, 7) is 3.81. The molecule has 1 amide bonds. The average molecular weight is 276 g/mol. The largest absolute Gasteiger partial charge is 0.365 e. The van der Waals surface area contributed by atoms with Crippen LogP contribution in [-0.2, 0) is 22.4 Å². The van der Waals surface area contributed by atoms with Crippen molar-refractivity contribution in [2.24, 2.45) is 0 Å². The van der Waals surface area contributed by atoms with Gasteiger partial charge in [-0.25, -0.2) is 9.97 Å². The summed E-state index contributed by atoms with van der Waals surface area (Å²) < 4.78 is 5.53. The Bertz CT molecular complexity index is 532. The predicted molar refractivity (Wildman–Crippen MR) is 74.8 cm³/mol. The minimum absolute atomic E-state index is 0.0721. The number of fused-ring (bicyclic) bond motifs is 1. The van der Waals surface area contributed by atoms with E-state index in [9.17, 15) is 4.79 Å². The third kappa shape index (κ3) is 2.35.